The van der Waals surface area contributed by atoms with Crippen LogP contribution in [0.15, 0.2) is 49.2 Å². The van der Waals surface area contributed by atoms with Gasteiger partial charge in [0.1, 0.15) is 5.69 Å². The van der Waals surface area contributed by atoms with Crippen LogP contribution < -0.4 is 20.4 Å². The number of nitrogens with zero attached hydrogens (tertiary/aromatic N) is 6. The van der Waals surface area contributed by atoms with E-state index in [-0.39, 0.29) is 5.91 Å². The molecule has 2 N–H and O–H groups in total. The average molecular weight is 402 g/mol. The summed E-state index contributed by atoms with van der Waals surface area (Å²) < 4.78 is 0. The van der Waals surface area contributed by atoms with Gasteiger partial charge in [-0.25, -0.2) is 9.97 Å². The van der Waals surface area contributed by atoms with Crippen LogP contribution in [0.3, 0.4) is 0 Å². The highest BCUT2D eigenvalue weighted by Gasteiger charge is 2.22. The Kier molecular flexibility index (Phi) is 4.94. The molecule has 2 aliphatic rings. The van der Waals surface area contributed by atoms with Crippen molar-refractivity contribution in [2.45, 2.75) is 13.1 Å². The van der Waals surface area contributed by atoms with Gasteiger partial charge in [-0.1, -0.05) is 0 Å². The second kappa shape index (κ2) is 8.03. The molecule has 0 bridgehead atoms. The molecule has 0 radical (unpaired) electrons. The molecule has 1 saturated heterocycles. The van der Waals surface area contributed by atoms with Gasteiger partial charge in [0.15, 0.2) is 0 Å². The van der Waals surface area contributed by atoms with Crippen molar-refractivity contribution in [2.75, 3.05) is 41.3 Å². The zero-order valence-corrected chi connectivity index (χ0v) is 16.5. The summed E-state index contributed by atoms with van der Waals surface area (Å²) in [5, 5.41) is 6.32. The van der Waals surface area contributed by atoms with Crippen molar-refractivity contribution >= 4 is 23.2 Å². The minimum atomic E-state index is -0.276. The molecule has 5 rings (SSSR count). The first-order chi connectivity index (χ1) is 14.8. The van der Waals surface area contributed by atoms with E-state index in [0.29, 0.717) is 30.4 Å². The fraction of sp³-hybridized carbons (Fsp3) is 0.286. The number of piperazine rings is 1. The molecule has 30 heavy (non-hydrogen) atoms. The summed E-state index contributed by atoms with van der Waals surface area (Å²) in [6.45, 7) is 4.99. The number of pyridine rings is 2. The van der Waals surface area contributed by atoms with Gasteiger partial charge in [0.05, 0.1) is 17.6 Å². The van der Waals surface area contributed by atoms with Gasteiger partial charge in [-0.15, -0.1) is 0 Å². The van der Waals surface area contributed by atoms with Crippen LogP contribution in [0.4, 0.5) is 17.3 Å². The van der Waals surface area contributed by atoms with Crippen molar-refractivity contribution < 1.29 is 4.79 Å². The molecular weight excluding hydrogens is 380 g/mol. The van der Waals surface area contributed by atoms with Gasteiger partial charge in [0.2, 0.25) is 5.95 Å². The van der Waals surface area contributed by atoms with Crippen LogP contribution in [-0.2, 0) is 13.1 Å². The van der Waals surface area contributed by atoms with Gasteiger partial charge in [-0.05, 0) is 29.3 Å². The topological polar surface area (TPSA) is 99.2 Å². The largest absolute Gasteiger partial charge is 0.367 e. The van der Waals surface area contributed by atoms with Crippen molar-refractivity contribution in [3.8, 4) is 0 Å². The molecule has 1 fully saturated rings. The van der Waals surface area contributed by atoms with Crippen molar-refractivity contribution in [1.29, 1.82) is 0 Å². The molecule has 2 aliphatic heterocycles. The van der Waals surface area contributed by atoms with Crippen molar-refractivity contribution in [1.82, 2.24) is 25.3 Å². The summed E-state index contributed by atoms with van der Waals surface area (Å²) in [6, 6.07) is 5.57. The molecule has 0 aliphatic carbocycles. The first-order valence-corrected chi connectivity index (χ1v) is 9.99. The summed E-state index contributed by atoms with van der Waals surface area (Å²) in [4.78, 5) is 34.5. The first-order valence-electron chi connectivity index (χ1n) is 9.99. The number of hydrogen-bond donors (Lipinski definition) is 2. The van der Waals surface area contributed by atoms with E-state index in [0.717, 1.165) is 37.4 Å². The molecule has 0 aromatic carbocycles. The first kappa shape index (κ1) is 18.4. The maximum Gasteiger partial charge on any atom is 0.274 e. The lowest BCUT2D eigenvalue weighted by Crippen LogP contribution is -2.43. The number of nitrogens with one attached hydrogen (secondary N) is 2. The molecule has 152 valence electrons. The predicted octanol–water partition coefficient (Wildman–Crippen LogP) is 1.45. The molecule has 9 heteroatoms. The molecule has 1 amide bonds. The second-order valence-corrected chi connectivity index (χ2v) is 7.33. The van der Waals surface area contributed by atoms with Crippen LogP contribution in [0, 0.1) is 0 Å². The van der Waals surface area contributed by atoms with Gasteiger partial charge < -0.3 is 20.4 Å². The minimum Gasteiger partial charge on any atom is -0.367 e. The number of amides is 1. The summed E-state index contributed by atoms with van der Waals surface area (Å²) in [7, 11) is 0. The number of anilines is 3. The summed E-state index contributed by atoms with van der Waals surface area (Å²) >= 11 is 0. The summed E-state index contributed by atoms with van der Waals surface area (Å²) in [5.74, 6) is 0.258. The fourth-order valence-electron chi connectivity index (χ4n) is 3.84. The Morgan fingerprint density at radius 3 is 2.60 bits per heavy atom. The predicted molar refractivity (Wildman–Crippen MR) is 113 cm³/mol. The van der Waals surface area contributed by atoms with E-state index in [1.54, 1.807) is 30.9 Å². The van der Waals surface area contributed by atoms with Gasteiger partial charge in [-0.2, -0.15) is 0 Å². The maximum atomic E-state index is 12.9. The standard InChI is InChI=1S/C21H22N8O/c30-20(26-18-12-24-5-3-19(18)28-9-7-22-8-10-28)17-2-6-25-21(27-17)29-13-15-1-4-23-11-16(15)14-29/h1-6,11-12,22H,7-10,13-14H2,(H,26,30). The Labute approximate surface area is 174 Å². The van der Waals surface area contributed by atoms with Crippen molar-refractivity contribution in [3.05, 3.63) is 66.0 Å². The Hall–Kier alpha value is -3.59. The van der Waals surface area contributed by atoms with Crippen LogP contribution in [0.1, 0.15) is 21.6 Å². The van der Waals surface area contributed by atoms with E-state index in [9.17, 15) is 4.79 Å². The Morgan fingerprint density at radius 2 is 1.73 bits per heavy atom. The molecule has 0 saturated carbocycles. The monoisotopic (exact) mass is 402 g/mol. The molecular formula is C21H22N8O. The number of hydrogen-bond acceptors (Lipinski definition) is 8. The molecule has 0 spiro atoms. The molecule has 5 heterocycles. The highest BCUT2D eigenvalue weighted by molar-refractivity contribution is 6.04. The zero-order valence-electron chi connectivity index (χ0n) is 16.5. The highest BCUT2D eigenvalue weighted by Crippen LogP contribution is 2.27. The van der Waals surface area contributed by atoms with Gasteiger partial charge in [0.25, 0.3) is 5.91 Å². The number of fused-ring (bicyclic) bond motifs is 1. The summed E-state index contributed by atoms with van der Waals surface area (Å²) in [5.41, 5.74) is 4.34. The smallest absolute Gasteiger partial charge is 0.274 e. The van der Waals surface area contributed by atoms with Gasteiger partial charge >= 0.3 is 0 Å². The van der Waals surface area contributed by atoms with Gasteiger partial charge in [0, 0.05) is 64.1 Å². The van der Waals surface area contributed by atoms with E-state index >= 15 is 0 Å². The number of aromatic nitrogens is 4. The van der Waals surface area contributed by atoms with E-state index in [4.69, 9.17) is 0 Å². The summed E-state index contributed by atoms with van der Waals surface area (Å²) in [6.07, 6.45) is 8.71. The van der Waals surface area contributed by atoms with Crippen molar-refractivity contribution in [3.63, 3.8) is 0 Å². The van der Waals surface area contributed by atoms with Crippen LogP contribution in [0.2, 0.25) is 0 Å². The van der Waals surface area contributed by atoms with E-state index in [1.165, 1.54) is 5.56 Å². The lowest BCUT2D eigenvalue weighted by Gasteiger charge is -2.30. The van der Waals surface area contributed by atoms with E-state index in [2.05, 4.69) is 35.5 Å². The SMILES string of the molecule is O=C(Nc1cnccc1N1CCNCC1)c1ccnc(N2Cc3ccncc3C2)n1. The van der Waals surface area contributed by atoms with Crippen LogP contribution in [0.5, 0.6) is 0 Å². The number of rotatable bonds is 4. The van der Waals surface area contributed by atoms with Crippen LogP contribution in [-0.4, -0.2) is 52.0 Å². The third kappa shape index (κ3) is 3.67. The second-order valence-electron chi connectivity index (χ2n) is 7.33. The third-order valence-electron chi connectivity index (χ3n) is 5.39. The number of carbonyl (C=O) groups is 1. The molecule has 3 aromatic rings. The fourth-order valence-corrected chi connectivity index (χ4v) is 3.84. The molecule has 3 aromatic heterocycles. The third-order valence-corrected chi connectivity index (χ3v) is 5.39. The normalized spacial score (nSPS) is 15.7. The highest BCUT2D eigenvalue weighted by atomic mass is 16.1. The van der Waals surface area contributed by atoms with Gasteiger partial charge in [-0.3, -0.25) is 14.8 Å². The van der Waals surface area contributed by atoms with Crippen LogP contribution >= 0.6 is 0 Å². The Morgan fingerprint density at radius 1 is 0.933 bits per heavy atom. The molecule has 0 atom stereocenters. The lowest BCUT2D eigenvalue weighted by atomic mass is 10.2. The maximum absolute atomic E-state index is 12.9. The van der Waals surface area contributed by atoms with E-state index < -0.39 is 0 Å². The Balaban J connectivity index is 1.34. The van der Waals surface area contributed by atoms with E-state index in [1.807, 2.05) is 23.2 Å². The Bertz CT molecular complexity index is 1040. The zero-order chi connectivity index (χ0) is 20.3. The lowest BCUT2D eigenvalue weighted by molar-refractivity contribution is 0.102. The number of carbonyl (C=O) groups excluding carboxylic acids is 1. The van der Waals surface area contributed by atoms with Crippen LogP contribution in [0.25, 0.3) is 0 Å². The molecule has 0 unspecified atom stereocenters. The van der Waals surface area contributed by atoms with Crippen molar-refractivity contribution in [2.24, 2.45) is 0 Å². The quantitative estimate of drug-likeness (QED) is 0.677. The minimum absolute atomic E-state index is 0.276. The molecule has 9 nitrogen and oxygen atoms in total. The average Bonchev–Trinajstić information content (AvgIpc) is 3.25.